The first-order chi connectivity index (χ1) is 14.9. The molecule has 1 aliphatic heterocycles. The van der Waals surface area contributed by atoms with Crippen LogP contribution in [0, 0.1) is 5.92 Å². The van der Waals surface area contributed by atoms with Crippen LogP contribution in [-0.2, 0) is 11.3 Å². The summed E-state index contributed by atoms with van der Waals surface area (Å²) in [7, 11) is 0. The number of piperidine rings is 1. The molecule has 31 heavy (non-hydrogen) atoms. The molecule has 3 aromatic rings. The van der Waals surface area contributed by atoms with Crippen LogP contribution in [0.2, 0.25) is 5.02 Å². The van der Waals surface area contributed by atoms with Crippen molar-refractivity contribution < 1.29 is 14.0 Å². The fourth-order valence-corrected chi connectivity index (χ4v) is 3.80. The molecule has 0 saturated carbocycles. The Balaban J connectivity index is 1.46. The number of likely N-dealkylation sites (tertiary alicyclic amines) is 1. The van der Waals surface area contributed by atoms with Crippen LogP contribution in [0.4, 0.5) is 11.7 Å². The van der Waals surface area contributed by atoms with Gasteiger partial charge in [-0.1, -0.05) is 24.6 Å². The van der Waals surface area contributed by atoms with Gasteiger partial charge in [-0.25, -0.2) is 0 Å². The van der Waals surface area contributed by atoms with E-state index in [1.54, 1.807) is 29.2 Å². The van der Waals surface area contributed by atoms with Gasteiger partial charge in [-0.2, -0.15) is 10.1 Å². The highest BCUT2D eigenvalue weighted by molar-refractivity contribution is 6.34. The second kappa shape index (κ2) is 8.81. The number of amides is 2. The van der Waals surface area contributed by atoms with E-state index in [4.69, 9.17) is 21.8 Å². The van der Waals surface area contributed by atoms with Crippen molar-refractivity contribution in [1.29, 1.82) is 0 Å². The standard InChI is InChI=1S/C21H23ClN6O3/c1-13-3-2-6-27(9-13)19(29)11-28-10-15(8-24-28)14-4-5-16(22)17(7-14)25-20(30)18-12-31-21(23)26-18/h4-5,7-8,10,12-13H,2-3,6,9,11H2,1H3,(H2,23,26)(H,25,30). The number of halogens is 1. The van der Waals surface area contributed by atoms with E-state index in [2.05, 4.69) is 22.3 Å². The number of nitrogen functional groups attached to an aromatic ring is 1. The van der Waals surface area contributed by atoms with Gasteiger partial charge < -0.3 is 20.4 Å². The maximum atomic E-state index is 12.6. The van der Waals surface area contributed by atoms with E-state index in [0.29, 0.717) is 16.6 Å². The number of aromatic nitrogens is 3. The number of hydrogen-bond acceptors (Lipinski definition) is 6. The molecule has 1 aliphatic rings. The van der Waals surface area contributed by atoms with E-state index >= 15 is 0 Å². The van der Waals surface area contributed by atoms with E-state index in [1.165, 1.54) is 6.26 Å². The molecule has 1 aromatic carbocycles. The van der Waals surface area contributed by atoms with E-state index in [1.807, 2.05) is 11.0 Å². The summed E-state index contributed by atoms with van der Waals surface area (Å²) in [5.74, 6) is 0.107. The molecule has 9 nitrogen and oxygen atoms in total. The number of carbonyl (C=O) groups excluding carboxylic acids is 2. The van der Waals surface area contributed by atoms with Gasteiger partial charge in [-0.3, -0.25) is 14.3 Å². The number of oxazole rings is 1. The maximum Gasteiger partial charge on any atom is 0.292 e. The Morgan fingerprint density at radius 3 is 2.94 bits per heavy atom. The Morgan fingerprint density at radius 1 is 1.35 bits per heavy atom. The van der Waals surface area contributed by atoms with Crippen molar-refractivity contribution >= 4 is 35.1 Å². The van der Waals surface area contributed by atoms with E-state index in [-0.39, 0.29) is 24.2 Å². The number of nitrogens with one attached hydrogen (secondary N) is 1. The monoisotopic (exact) mass is 442 g/mol. The molecule has 2 aromatic heterocycles. The van der Waals surface area contributed by atoms with Crippen molar-refractivity contribution in [2.45, 2.75) is 26.3 Å². The third-order valence-corrected chi connectivity index (χ3v) is 5.57. The Kier molecular flexibility index (Phi) is 5.94. The zero-order chi connectivity index (χ0) is 22.0. The minimum absolute atomic E-state index is 0.0531. The molecule has 2 amide bonds. The number of anilines is 2. The van der Waals surface area contributed by atoms with Crippen LogP contribution in [0.5, 0.6) is 0 Å². The normalized spacial score (nSPS) is 16.3. The minimum atomic E-state index is -0.489. The molecular formula is C21H23ClN6O3. The van der Waals surface area contributed by atoms with E-state index in [9.17, 15) is 9.59 Å². The molecular weight excluding hydrogens is 420 g/mol. The third-order valence-electron chi connectivity index (χ3n) is 5.24. The second-order valence-electron chi connectivity index (χ2n) is 7.73. The average molecular weight is 443 g/mol. The Bertz CT molecular complexity index is 1110. The van der Waals surface area contributed by atoms with Crippen molar-refractivity contribution in [3.63, 3.8) is 0 Å². The molecule has 0 spiro atoms. The van der Waals surface area contributed by atoms with Gasteiger partial charge in [0.2, 0.25) is 5.91 Å². The van der Waals surface area contributed by atoms with Crippen molar-refractivity contribution in [3.05, 3.63) is 47.6 Å². The smallest absolute Gasteiger partial charge is 0.292 e. The quantitative estimate of drug-likeness (QED) is 0.625. The highest BCUT2D eigenvalue weighted by Crippen LogP contribution is 2.29. The van der Waals surface area contributed by atoms with Gasteiger partial charge in [-0.05, 0) is 36.5 Å². The zero-order valence-corrected chi connectivity index (χ0v) is 17.8. The Morgan fingerprint density at radius 2 is 2.19 bits per heavy atom. The van der Waals surface area contributed by atoms with Gasteiger partial charge in [0.25, 0.3) is 11.9 Å². The van der Waals surface area contributed by atoms with Crippen LogP contribution in [0.3, 0.4) is 0 Å². The molecule has 3 N–H and O–H groups in total. The average Bonchev–Trinajstić information content (AvgIpc) is 3.39. The molecule has 10 heteroatoms. The second-order valence-corrected chi connectivity index (χ2v) is 8.14. The van der Waals surface area contributed by atoms with Gasteiger partial charge in [0.1, 0.15) is 12.8 Å². The molecule has 3 heterocycles. The maximum absolute atomic E-state index is 12.6. The van der Waals surface area contributed by atoms with Crippen LogP contribution >= 0.6 is 11.6 Å². The molecule has 1 saturated heterocycles. The lowest BCUT2D eigenvalue weighted by atomic mass is 10.0. The van der Waals surface area contributed by atoms with Crippen LogP contribution in [0.15, 0.2) is 41.3 Å². The van der Waals surface area contributed by atoms with Crippen molar-refractivity contribution in [3.8, 4) is 11.1 Å². The number of nitrogens with two attached hydrogens (primary N) is 1. The fourth-order valence-electron chi connectivity index (χ4n) is 3.63. The highest BCUT2D eigenvalue weighted by atomic mass is 35.5. The minimum Gasteiger partial charge on any atom is -0.431 e. The molecule has 0 radical (unpaired) electrons. The predicted octanol–water partition coefficient (Wildman–Crippen LogP) is 3.28. The third kappa shape index (κ3) is 4.88. The lowest BCUT2D eigenvalue weighted by Crippen LogP contribution is -2.40. The summed E-state index contributed by atoms with van der Waals surface area (Å²) >= 11 is 6.24. The molecule has 1 fully saturated rings. The number of carbonyl (C=O) groups is 2. The van der Waals surface area contributed by atoms with E-state index in [0.717, 1.165) is 37.1 Å². The van der Waals surface area contributed by atoms with Crippen LogP contribution in [0.25, 0.3) is 11.1 Å². The fraction of sp³-hybridized carbons (Fsp3) is 0.333. The zero-order valence-electron chi connectivity index (χ0n) is 17.0. The Hall–Kier alpha value is -3.33. The van der Waals surface area contributed by atoms with Crippen molar-refractivity contribution in [1.82, 2.24) is 19.7 Å². The lowest BCUT2D eigenvalue weighted by molar-refractivity contribution is -0.133. The summed E-state index contributed by atoms with van der Waals surface area (Å²) in [6.45, 7) is 3.95. The van der Waals surface area contributed by atoms with Crippen LogP contribution in [0.1, 0.15) is 30.3 Å². The highest BCUT2D eigenvalue weighted by Gasteiger charge is 2.21. The van der Waals surface area contributed by atoms with Gasteiger partial charge in [0, 0.05) is 24.8 Å². The lowest BCUT2D eigenvalue weighted by Gasteiger charge is -2.30. The molecule has 0 bridgehead atoms. The Labute approximate surface area is 184 Å². The summed E-state index contributed by atoms with van der Waals surface area (Å²) in [5, 5.41) is 7.39. The first-order valence-corrected chi connectivity index (χ1v) is 10.4. The number of benzene rings is 1. The molecule has 4 rings (SSSR count). The predicted molar refractivity (Wildman–Crippen MR) is 117 cm³/mol. The molecule has 0 aliphatic carbocycles. The van der Waals surface area contributed by atoms with E-state index < -0.39 is 5.91 Å². The first kappa shape index (κ1) is 20.9. The van der Waals surface area contributed by atoms with Gasteiger partial charge in [0.15, 0.2) is 5.69 Å². The topological polar surface area (TPSA) is 119 Å². The molecule has 162 valence electrons. The number of rotatable bonds is 5. The number of hydrogen-bond donors (Lipinski definition) is 2. The van der Waals surface area contributed by atoms with Gasteiger partial charge in [-0.15, -0.1) is 0 Å². The summed E-state index contributed by atoms with van der Waals surface area (Å²) < 4.78 is 6.49. The number of nitrogens with zero attached hydrogens (tertiary/aromatic N) is 4. The van der Waals surface area contributed by atoms with Gasteiger partial charge >= 0.3 is 0 Å². The summed E-state index contributed by atoms with van der Waals surface area (Å²) in [6, 6.07) is 5.15. The largest absolute Gasteiger partial charge is 0.431 e. The van der Waals surface area contributed by atoms with Crippen LogP contribution in [-0.4, -0.2) is 44.6 Å². The van der Waals surface area contributed by atoms with Gasteiger partial charge in [0.05, 0.1) is 16.9 Å². The summed E-state index contributed by atoms with van der Waals surface area (Å²) in [5.41, 5.74) is 7.48. The summed E-state index contributed by atoms with van der Waals surface area (Å²) in [6.07, 6.45) is 6.86. The SMILES string of the molecule is CC1CCCN(C(=O)Cn2cc(-c3ccc(Cl)c(NC(=O)c4coc(N)n4)c3)cn2)C1. The summed E-state index contributed by atoms with van der Waals surface area (Å²) in [4.78, 5) is 30.6. The van der Waals surface area contributed by atoms with Crippen LogP contribution < -0.4 is 11.1 Å². The van der Waals surface area contributed by atoms with Crippen molar-refractivity contribution in [2.75, 3.05) is 24.1 Å². The molecule has 1 atom stereocenters. The first-order valence-electron chi connectivity index (χ1n) is 10.0. The molecule has 1 unspecified atom stereocenters. The van der Waals surface area contributed by atoms with Crippen molar-refractivity contribution in [2.24, 2.45) is 5.92 Å².